The molecule has 5 atom stereocenters. The highest BCUT2D eigenvalue weighted by atomic mass is 16.5. The zero-order valence-electron chi connectivity index (χ0n) is 18.8. The van der Waals surface area contributed by atoms with Crippen molar-refractivity contribution in [3.05, 3.63) is 29.3 Å². The van der Waals surface area contributed by atoms with Crippen LogP contribution in [0.3, 0.4) is 0 Å². The van der Waals surface area contributed by atoms with Gasteiger partial charge in [-0.25, -0.2) is 0 Å². The fourth-order valence-electron chi connectivity index (χ4n) is 5.49. The Morgan fingerprint density at radius 1 is 1.26 bits per heavy atom. The molecule has 0 aromatic heterocycles. The standard InChI is InChI=1S/C25H39NO5/c1-2-3-4-7-19(28)9-10-20-21-13-17-6-5-8-24(31-16-25(30)26-11-12-27)22(17)14-18(21)15-23(20)29/h5-6,8,18-21,23,27-29H,2-4,7,9-16H2,1H3,(H,26,30)/t18-,19+,20+,21-,23+/m0/s1. The van der Waals surface area contributed by atoms with Crippen molar-refractivity contribution in [2.24, 2.45) is 17.8 Å². The van der Waals surface area contributed by atoms with Crippen LogP contribution in [0.1, 0.15) is 63.0 Å². The third-order valence-corrected chi connectivity index (χ3v) is 7.11. The molecular weight excluding hydrogens is 394 g/mol. The Labute approximate surface area is 186 Å². The van der Waals surface area contributed by atoms with Crippen LogP contribution in [0.5, 0.6) is 5.75 Å². The van der Waals surface area contributed by atoms with Crippen LogP contribution in [0.25, 0.3) is 0 Å². The first kappa shape index (κ1) is 24.0. The molecular formula is C25H39NO5. The van der Waals surface area contributed by atoms with Crippen LogP contribution in [0, 0.1) is 17.8 Å². The molecule has 6 nitrogen and oxygen atoms in total. The van der Waals surface area contributed by atoms with Crippen molar-refractivity contribution in [3.8, 4) is 5.75 Å². The van der Waals surface area contributed by atoms with Gasteiger partial charge in [-0.2, -0.15) is 0 Å². The van der Waals surface area contributed by atoms with Crippen LogP contribution in [-0.4, -0.2) is 53.2 Å². The first-order valence-electron chi connectivity index (χ1n) is 12.0. The number of aliphatic hydroxyl groups is 3. The lowest BCUT2D eigenvalue weighted by Gasteiger charge is -2.32. The van der Waals surface area contributed by atoms with Gasteiger partial charge >= 0.3 is 0 Å². The van der Waals surface area contributed by atoms with E-state index < -0.39 is 0 Å². The molecule has 6 heteroatoms. The third-order valence-electron chi connectivity index (χ3n) is 7.11. The van der Waals surface area contributed by atoms with Gasteiger partial charge in [0.25, 0.3) is 5.91 Å². The number of ether oxygens (including phenoxy) is 1. The minimum Gasteiger partial charge on any atom is -0.483 e. The summed E-state index contributed by atoms with van der Waals surface area (Å²) in [4.78, 5) is 11.8. The monoisotopic (exact) mass is 433 g/mol. The van der Waals surface area contributed by atoms with E-state index in [1.165, 1.54) is 5.56 Å². The highest BCUT2D eigenvalue weighted by Gasteiger charge is 2.44. The fourth-order valence-corrected chi connectivity index (χ4v) is 5.49. The summed E-state index contributed by atoms with van der Waals surface area (Å²) in [6, 6.07) is 6.01. The van der Waals surface area contributed by atoms with Crippen molar-refractivity contribution in [2.45, 2.75) is 76.9 Å². The Morgan fingerprint density at radius 3 is 2.87 bits per heavy atom. The number of carbonyl (C=O) groups excluding carboxylic acids is 1. The summed E-state index contributed by atoms with van der Waals surface area (Å²) in [6.45, 7) is 2.25. The normalized spacial score (nSPS) is 25.5. The topological polar surface area (TPSA) is 99.0 Å². The van der Waals surface area contributed by atoms with E-state index in [1.54, 1.807) is 0 Å². The van der Waals surface area contributed by atoms with Gasteiger partial charge in [-0.15, -0.1) is 0 Å². The summed E-state index contributed by atoms with van der Waals surface area (Å²) in [6.07, 6.45) is 7.93. The first-order valence-corrected chi connectivity index (χ1v) is 12.0. The number of carbonyl (C=O) groups is 1. The summed E-state index contributed by atoms with van der Waals surface area (Å²) in [5, 5.41) is 32.5. The zero-order chi connectivity index (χ0) is 22.2. The van der Waals surface area contributed by atoms with Gasteiger partial charge in [-0.05, 0) is 73.5 Å². The highest BCUT2D eigenvalue weighted by molar-refractivity contribution is 5.77. The van der Waals surface area contributed by atoms with Crippen LogP contribution in [0.15, 0.2) is 18.2 Å². The van der Waals surface area contributed by atoms with Crippen LogP contribution >= 0.6 is 0 Å². The van der Waals surface area contributed by atoms with Gasteiger partial charge in [0.2, 0.25) is 0 Å². The van der Waals surface area contributed by atoms with Gasteiger partial charge in [-0.3, -0.25) is 4.79 Å². The van der Waals surface area contributed by atoms with Gasteiger partial charge in [0.1, 0.15) is 5.75 Å². The number of rotatable bonds is 12. The Bertz CT molecular complexity index is 709. The molecule has 31 heavy (non-hydrogen) atoms. The van der Waals surface area contributed by atoms with Crippen LogP contribution < -0.4 is 10.1 Å². The second-order valence-electron chi connectivity index (χ2n) is 9.28. The number of fused-ring (bicyclic) bond motifs is 2. The summed E-state index contributed by atoms with van der Waals surface area (Å²) in [5.74, 6) is 1.60. The molecule has 0 bridgehead atoms. The van der Waals surface area contributed by atoms with Crippen molar-refractivity contribution < 1.29 is 24.9 Å². The number of hydrogen-bond donors (Lipinski definition) is 4. The summed E-state index contributed by atoms with van der Waals surface area (Å²) < 4.78 is 5.80. The largest absolute Gasteiger partial charge is 0.483 e. The Hall–Kier alpha value is -1.63. The molecule has 1 amide bonds. The van der Waals surface area contributed by atoms with E-state index in [0.29, 0.717) is 11.8 Å². The maximum atomic E-state index is 11.8. The summed E-state index contributed by atoms with van der Waals surface area (Å²) in [7, 11) is 0. The smallest absolute Gasteiger partial charge is 0.258 e. The maximum absolute atomic E-state index is 11.8. The molecule has 174 valence electrons. The molecule has 0 heterocycles. The lowest BCUT2D eigenvalue weighted by Crippen LogP contribution is -2.31. The van der Waals surface area contributed by atoms with Gasteiger partial charge in [0.05, 0.1) is 18.8 Å². The minimum atomic E-state index is -0.305. The second-order valence-corrected chi connectivity index (χ2v) is 9.28. The Morgan fingerprint density at radius 2 is 2.10 bits per heavy atom. The van der Waals surface area contributed by atoms with Crippen molar-refractivity contribution in [2.75, 3.05) is 19.8 Å². The maximum Gasteiger partial charge on any atom is 0.258 e. The van der Waals surface area contributed by atoms with E-state index in [9.17, 15) is 15.0 Å². The number of benzene rings is 1. The van der Waals surface area contributed by atoms with Gasteiger partial charge in [0, 0.05) is 6.54 Å². The molecule has 1 fully saturated rings. The van der Waals surface area contributed by atoms with E-state index in [4.69, 9.17) is 9.84 Å². The lowest BCUT2D eigenvalue weighted by atomic mass is 9.73. The average molecular weight is 434 g/mol. The number of hydrogen-bond acceptors (Lipinski definition) is 5. The van der Waals surface area contributed by atoms with Crippen molar-refractivity contribution in [1.82, 2.24) is 5.32 Å². The average Bonchev–Trinajstić information content (AvgIpc) is 3.07. The molecule has 3 rings (SSSR count). The van der Waals surface area contributed by atoms with E-state index in [-0.39, 0.29) is 43.8 Å². The predicted molar refractivity (Wildman–Crippen MR) is 120 cm³/mol. The number of aliphatic hydroxyl groups excluding tert-OH is 3. The van der Waals surface area contributed by atoms with Gasteiger partial charge in [-0.1, -0.05) is 38.3 Å². The SMILES string of the molecule is CCCCC[C@@H](O)CC[C@@H]1[C@H]2Cc3cccc(OCC(=O)NCCO)c3C[C@H]2C[C@H]1O. The van der Waals surface area contributed by atoms with E-state index >= 15 is 0 Å². The van der Waals surface area contributed by atoms with Crippen molar-refractivity contribution in [1.29, 1.82) is 0 Å². The quantitative estimate of drug-likeness (QED) is 0.380. The molecule has 0 aliphatic heterocycles. The van der Waals surface area contributed by atoms with Gasteiger partial charge in [0.15, 0.2) is 6.61 Å². The molecule has 0 saturated heterocycles. The summed E-state index contributed by atoms with van der Waals surface area (Å²) >= 11 is 0. The lowest BCUT2D eigenvalue weighted by molar-refractivity contribution is -0.123. The molecule has 2 aliphatic rings. The second kappa shape index (κ2) is 11.8. The Kier molecular flexibility index (Phi) is 9.17. The van der Waals surface area contributed by atoms with Gasteiger partial charge < -0.3 is 25.4 Å². The number of nitrogens with one attached hydrogen (secondary N) is 1. The molecule has 1 aromatic carbocycles. The Balaban J connectivity index is 1.59. The number of unbranched alkanes of at least 4 members (excludes halogenated alkanes) is 2. The summed E-state index contributed by atoms with van der Waals surface area (Å²) in [5.41, 5.74) is 2.41. The van der Waals surface area contributed by atoms with E-state index in [2.05, 4.69) is 18.3 Å². The van der Waals surface area contributed by atoms with Crippen LogP contribution in [0.2, 0.25) is 0 Å². The molecule has 0 unspecified atom stereocenters. The predicted octanol–water partition coefficient (Wildman–Crippen LogP) is 2.61. The highest BCUT2D eigenvalue weighted by Crippen LogP contribution is 2.48. The molecule has 1 saturated carbocycles. The fraction of sp³-hybridized carbons (Fsp3) is 0.720. The minimum absolute atomic E-state index is 0.0638. The van der Waals surface area contributed by atoms with Crippen molar-refractivity contribution in [3.63, 3.8) is 0 Å². The molecule has 2 aliphatic carbocycles. The number of amides is 1. The molecule has 4 N–H and O–H groups in total. The van der Waals surface area contributed by atoms with E-state index in [0.717, 1.165) is 69.1 Å². The van der Waals surface area contributed by atoms with Crippen LogP contribution in [-0.2, 0) is 17.6 Å². The zero-order valence-corrected chi connectivity index (χ0v) is 18.8. The van der Waals surface area contributed by atoms with Crippen molar-refractivity contribution >= 4 is 5.91 Å². The van der Waals surface area contributed by atoms with Crippen LogP contribution in [0.4, 0.5) is 0 Å². The first-order chi connectivity index (χ1) is 15.0. The molecule has 1 aromatic rings. The van der Waals surface area contributed by atoms with E-state index in [1.807, 2.05) is 12.1 Å². The molecule has 0 spiro atoms. The molecule has 0 radical (unpaired) electrons. The third kappa shape index (κ3) is 6.43.